The molecule has 0 fully saturated rings. The second-order valence-electron chi connectivity index (χ2n) is 3.69. The molecular weight excluding hydrogens is 198 g/mol. The summed E-state index contributed by atoms with van der Waals surface area (Å²) in [5.41, 5.74) is 3.04. The zero-order chi connectivity index (χ0) is 11.0. The molecular formula is C13H10N3. The fraction of sp³-hybridized carbons (Fsp3) is 0.0769. The molecule has 0 atom stereocenters. The molecule has 0 unspecified atom stereocenters. The van der Waals surface area contributed by atoms with Crippen LogP contribution in [0, 0.1) is 13.0 Å². The Morgan fingerprint density at radius 1 is 1.31 bits per heavy atom. The van der Waals surface area contributed by atoms with Gasteiger partial charge in [0.15, 0.2) is 0 Å². The lowest BCUT2D eigenvalue weighted by Gasteiger charge is -1.96. The van der Waals surface area contributed by atoms with Gasteiger partial charge >= 0.3 is 0 Å². The number of rotatable bonds is 1. The Labute approximate surface area is 93.2 Å². The Morgan fingerprint density at radius 3 is 3.06 bits per heavy atom. The normalized spacial score (nSPS) is 10.8. The summed E-state index contributed by atoms with van der Waals surface area (Å²) in [5.74, 6) is 0.780. The molecule has 3 rings (SSSR count). The molecule has 0 aliphatic rings. The first-order valence-electron chi connectivity index (χ1n) is 5.12. The predicted molar refractivity (Wildman–Crippen MR) is 62.9 cm³/mol. The van der Waals surface area contributed by atoms with Crippen molar-refractivity contribution in [2.24, 2.45) is 0 Å². The van der Waals surface area contributed by atoms with E-state index >= 15 is 0 Å². The molecule has 0 spiro atoms. The maximum absolute atomic E-state index is 4.39. The molecule has 0 bridgehead atoms. The molecule has 16 heavy (non-hydrogen) atoms. The minimum atomic E-state index is 0.780. The number of nitrogens with one attached hydrogen (secondary N) is 1. The van der Waals surface area contributed by atoms with E-state index in [1.807, 2.05) is 31.2 Å². The van der Waals surface area contributed by atoms with Gasteiger partial charge in [0.25, 0.3) is 0 Å². The summed E-state index contributed by atoms with van der Waals surface area (Å²) in [7, 11) is 0. The summed E-state index contributed by atoms with van der Waals surface area (Å²) in [6, 6.07) is 12.9. The highest BCUT2D eigenvalue weighted by molar-refractivity contribution is 5.84. The van der Waals surface area contributed by atoms with Gasteiger partial charge in [-0.1, -0.05) is 6.07 Å². The molecule has 0 saturated heterocycles. The van der Waals surface area contributed by atoms with Crippen molar-refractivity contribution in [1.29, 1.82) is 0 Å². The number of hydrogen-bond acceptors (Lipinski definition) is 2. The third kappa shape index (κ3) is 1.46. The van der Waals surface area contributed by atoms with E-state index in [2.05, 4.69) is 27.1 Å². The van der Waals surface area contributed by atoms with Gasteiger partial charge in [-0.25, -0.2) is 9.97 Å². The van der Waals surface area contributed by atoms with E-state index in [0.717, 1.165) is 28.1 Å². The highest BCUT2D eigenvalue weighted by Crippen LogP contribution is 2.21. The van der Waals surface area contributed by atoms with Crippen molar-refractivity contribution in [3.63, 3.8) is 0 Å². The first kappa shape index (κ1) is 9.09. The number of benzene rings is 1. The molecule has 0 saturated carbocycles. The molecule has 3 nitrogen and oxygen atoms in total. The van der Waals surface area contributed by atoms with Crippen LogP contribution in [0.25, 0.3) is 22.3 Å². The summed E-state index contributed by atoms with van der Waals surface area (Å²) < 4.78 is 0. The third-order valence-corrected chi connectivity index (χ3v) is 2.52. The monoisotopic (exact) mass is 208 g/mol. The molecule has 2 aromatic heterocycles. The standard InChI is InChI=1S/C13H10N3/c1-9-14-7-6-12(15-9)13-8-10-4-2-3-5-11(10)16-13/h3-8,16H,1H3. The highest BCUT2D eigenvalue weighted by atomic mass is 14.9. The van der Waals surface area contributed by atoms with Crippen LogP contribution in [-0.2, 0) is 0 Å². The fourth-order valence-corrected chi connectivity index (χ4v) is 1.76. The number of aromatic amines is 1. The third-order valence-electron chi connectivity index (χ3n) is 2.52. The van der Waals surface area contributed by atoms with Gasteiger partial charge < -0.3 is 4.98 Å². The summed E-state index contributed by atoms with van der Waals surface area (Å²) in [6.45, 7) is 1.89. The van der Waals surface area contributed by atoms with E-state index < -0.39 is 0 Å². The predicted octanol–water partition coefficient (Wildman–Crippen LogP) is 2.73. The molecule has 77 valence electrons. The van der Waals surface area contributed by atoms with Crippen LogP contribution in [0.5, 0.6) is 0 Å². The second kappa shape index (κ2) is 3.45. The van der Waals surface area contributed by atoms with Crippen LogP contribution in [0.4, 0.5) is 0 Å². The van der Waals surface area contributed by atoms with Gasteiger partial charge in [0.1, 0.15) is 5.82 Å². The molecule has 3 heteroatoms. The van der Waals surface area contributed by atoms with Crippen LogP contribution >= 0.6 is 0 Å². The summed E-state index contributed by atoms with van der Waals surface area (Å²) in [4.78, 5) is 11.8. The van der Waals surface area contributed by atoms with E-state index in [-0.39, 0.29) is 0 Å². The summed E-state index contributed by atoms with van der Waals surface area (Å²) >= 11 is 0. The first-order valence-corrected chi connectivity index (χ1v) is 5.12. The van der Waals surface area contributed by atoms with Crippen molar-refractivity contribution in [1.82, 2.24) is 15.0 Å². The van der Waals surface area contributed by atoms with E-state index in [1.54, 1.807) is 6.20 Å². The molecule has 1 radical (unpaired) electrons. The Kier molecular flexibility index (Phi) is 1.96. The van der Waals surface area contributed by atoms with Crippen LogP contribution in [0.2, 0.25) is 0 Å². The van der Waals surface area contributed by atoms with Gasteiger partial charge in [-0.2, -0.15) is 0 Å². The SMILES string of the molecule is Cc1nccc(-c2cc3c[c]ccc3[nH]2)n1. The number of fused-ring (bicyclic) bond motifs is 1. The van der Waals surface area contributed by atoms with Crippen molar-refractivity contribution < 1.29 is 0 Å². The maximum Gasteiger partial charge on any atom is 0.125 e. The Morgan fingerprint density at radius 2 is 2.25 bits per heavy atom. The lowest BCUT2D eigenvalue weighted by Crippen LogP contribution is -1.89. The van der Waals surface area contributed by atoms with Crippen LogP contribution in [-0.4, -0.2) is 15.0 Å². The topological polar surface area (TPSA) is 41.6 Å². The van der Waals surface area contributed by atoms with Gasteiger partial charge in [0.2, 0.25) is 0 Å². The first-order chi connectivity index (χ1) is 7.83. The van der Waals surface area contributed by atoms with Gasteiger partial charge in [0, 0.05) is 17.1 Å². The van der Waals surface area contributed by atoms with Gasteiger partial charge in [-0.15, -0.1) is 0 Å². The molecule has 1 N–H and O–H groups in total. The largest absolute Gasteiger partial charge is 0.353 e. The molecule has 0 aliphatic heterocycles. The zero-order valence-corrected chi connectivity index (χ0v) is 8.86. The van der Waals surface area contributed by atoms with Gasteiger partial charge in [-0.3, -0.25) is 0 Å². The van der Waals surface area contributed by atoms with Crippen molar-refractivity contribution in [3.05, 3.63) is 48.4 Å². The number of aromatic nitrogens is 3. The highest BCUT2D eigenvalue weighted by Gasteiger charge is 2.03. The number of aryl methyl sites for hydroxylation is 1. The number of nitrogens with zero attached hydrogens (tertiary/aromatic N) is 2. The van der Waals surface area contributed by atoms with Crippen LogP contribution in [0.3, 0.4) is 0 Å². The molecule has 1 aromatic carbocycles. The van der Waals surface area contributed by atoms with E-state index in [9.17, 15) is 0 Å². The smallest absolute Gasteiger partial charge is 0.125 e. The van der Waals surface area contributed by atoms with Crippen molar-refractivity contribution >= 4 is 10.9 Å². The molecule has 0 aliphatic carbocycles. The Hall–Kier alpha value is -2.16. The van der Waals surface area contributed by atoms with E-state index in [1.165, 1.54) is 0 Å². The minimum Gasteiger partial charge on any atom is -0.353 e. The lowest BCUT2D eigenvalue weighted by molar-refractivity contribution is 1.05. The van der Waals surface area contributed by atoms with Crippen LogP contribution in [0.1, 0.15) is 5.82 Å². The van der Waals surface area contributed by atoms with Crippen molar-refractivity contribution in [3.8, 4) is 11.4 Å². The summed E-state index contributed by atoms with van der Waals surface area (Å²) in [6.07, 6.45) is 1.77. The van der Waals surface area contributed by atoms with Crippen LogP contribution < -0.4 is 0 Å². The van der Waals surface area contributed by atoms with E-state index in [4.69, 9.17) is 0 Å². The maximum atomic E-state index is 4.39. The fourth-order valence-electron chi connectivity index (χ4n) is 1.76. The summed E-state index contributed by atoms with van der Waals surface area (Å²) in [5, 5.41) is 1.15. The van der Waals surface area contributed by atoms with E-state index in [0.29, 0.717) is 0 Å². The van der Waals surface area contributed by atoms with Gasteiger partial charge in [-0.05, 0) is 37.3 Å². The number of hydrogen-bond donors (Lipinski definition) is 1. The van der Waals surface area contributed by atoms with Crippen molar-refractivity contribution in [2.75, 3.05) is 0 Å². The molecule has 0 amide bonds. The Bertz CT molecular complexity index is 607. The van der Waals surface area contributed by atoms with Crippen molar-refractivity contribution in [2.45, 2.75) is 6.92 Å². The quantitative estimate of drug-likeness (QED) is 0.668. The van der Waals surface area contributed by atoms with Gasteiger partial charge in [0.05, 0.1) is 11.4 Å². The lowest BCUT2D eigenvalue weighted by atomic mass is 10.2. The second-order valence-corrected chi connectivity index (χ2v) is 3.69. The molecule has 2 heterocycles. The zero-order valence-electron chi connectivity index (χ0n) is 8.86. The molecule has 3 aromatic rings. The average Bonchev–Trinajstić information content (AvgIpc) is 2.72. The average molecular weight is 208 g/mol. The number of H-pyrrole nitrogens is 1. The Balaban J connectivity index is 2.19. The minimum absolute atomic E-state index is 0.780. The van der Waals surface area contributed by atoms with Crippen LogP contribution in [0.15, 0.2) is 36.5 Å².